The van der Waals surface area contributed by atoms with Crippen molar-refractivity contribution in [2.24, 2.45) is 0 Å². The average molecular weight is 371 g/mol. The number of hydrogen-bond donors (Lipinski definition) is 1. The fourth-order valence-corrected chi connectivity index (χ4v) is 3.38. The van der Waals surface area contributed by atoms with Gasteiger partial charge in [-0.3, -0.25) is 4.79 Å². The highest BCUT2D eigenvalue weighted by atomic mass is 35.5. The monoisotopic (exact) mass is 370 g/mol. The zero-order valence-corrected chi connectivity index (χ0v) is 14.9. The SMILES string of the molecule is O=C(Cc1c[nH]c2ccccc12)N1CCC(Oc2ncc(Cl)cn2)CC1. The molecule has 7 heteroatoms. The molecule has 1 aromatic carbocycles. The lowest BCUT2D eigenvalue weighted by Crippen LogP contribution is -2.42. The van der Waals surface area contributed by atoms with Crippen molar-refractivity contribution in [1.29, 1.82) is 0 Å². The van der Waals surface area contributed by atoms with Crippen LogP contribution in [-0.2, 0) is 11.2 Å². The minimum Gasteiger partial charge on any atom is -0.460 e. The van der Waals surface area contributed by atoms with E-state index in [9.17, 15) is 4.79 Å². The third kappa shape index (κ3) is 3.65. The van der Waals surface area contributed by atoms with Gasteiger partial charge in [0.05, 0.1) is 23.8 Å². The molecule has 1 amide bonds. The highest BCUT2D eigenvalue weighted by Gasteiger charge is 2.25. The highest BCUT2D eigenvalue weighted by molar-refractivity contribution is 6.30. The Morgan fingerprint density at radius 1 is 1.23 bits per heavy atom. The number of fused-ring (bicyclic) bond motifs is 1. The first-order valence-corrected chi connectivity index (χ1v) is 9.04. The molecule has 0 radical (unpaired) electrons. The van der Waals surface area contributed by atoms with Gasteiger partial charge in [-0.25, -0.2) is 9.97 Å². The molecule has 1 saturated heterocycles. The van der Waals surface area contributed by atoms with Gasteiger partial charge in [0.15, 0.2) is 0 Å². The number of carbonyl (C=O) groups excluding carboxylic acids is 1. The van der Waals surface area contributed by atoms with E-state index in [2.05, 4.69) is 15.0 Å². The van der Waals surface area contributed by atoms with Crippen molar-refractivity contribution in [2.75, 3.05) is 13.1 Å². The number of para-hydroxylation sites is 1. The first-order chi connectivity index (χ1) is 12.7. The van der Waals surface area contributed by atoms with Gasteiger partial charge in [-0.1, -0.05) is 29.8 Å². The second kappa shape index (κ2) is 7.33. The number of amides is 1. The lowest BCUT2D eigenvalue weighted by molar-refractivity contribution is -0.132. The summed E-state index contributed by atoms with van der Waals surface area (Å²) < 4.78 is 5.78. The number of piperidine rings is 1. The number of nitrogens with one attached hydrogen (secondary N) is 1. The van der Waals surface area contributed by atoms with Crippen LogP contribution < -0.4 is 4.74 Å². The van der Waals surface area contributed by atoms with Crippen LogP contribution in [0.15, 0.2) is 42.9 Å². The zero-order valence-electron chi connectivity index (χ0n) is 14.2. The molecule has 0 aliphatic carbocycles. The third-order valence-corrected chi connectivity index (χ3v) is 4.88. The van der Waals surface area contributed by atoms with Crippen molar-refractivity contribution in [3.05, 3.63) is 53.4 Å². The van der Waals surface area contributed by atoms with Gasteiger partial charge in [0.1, 0.15) is 6.10 Å². The Bertz CT molecular complexity index is 901. The molecule has 2 aromatic heterocycles. The number of benzene rings is 1. The average Bonchev–Trinajstić information content (AvgIpc) is 3.07. The fourth-order valence-electron chi connectivity index (χ4n) is 3.29. The number of aromatic nitrogens is 3. The van der Waals surface area contributed by atoms with Gasteiger partial charge < -0.3 is 14.6 Å². The predicted molar refractivity (Wildman–Crippen MR) is 99.3 cm³/mol. The Morgan fingerprint density at radius 2 is 1.96 bits per heavy atom. The molecular formula is C19H19ClN4O2. The summed E-state index contributed by atoms with van der Waals surface area (Å²) in [4.78, 5) is 25.9. The molecule has 1 aliphatic rings. The van der Waals surface area contributed by atoms with Crippen LogP contribution in [0.5, 0.6) is 6.01 Å². The summed E-state index contributed by atoms with van der Waals surface area (Å²) in [6.45, 7) is 1.36. The normalized spacial score (nSPS) is 15.3. The van der Waals surface area contributed by atoms with Crippen LogP contribution in [-0.4, -0.2) is 45.0 Å². The third-order valence-electron chi connectivity index (χ3n) is 4.68. The van der Waals surface area contributed by atoms with E-state index < -0.39 is 0 Å². The fraction of sp³-hybridized carbons (Fsp3) is 0.316. The van der Waals surface area contributed by atoms with E-state index in [-0.39, 0.29) is 12.0 Å². The van der Waals surface area contributed by atoms with Gasteiger partial charge in [0.2, 0.25) is 5.91 Å². The maximum atomic E-state index is 12.6. The number of rotatable bonds is 4. The number of carbonyl (C=O) groups is 1. The summed E-state index contributed by atoms with van der Waals surface area (Å²) in [7, 11) is 0. The number of H-pyrrole nitrogens is 1. The molecule has 134 valence electrons. The Labute approximate surface area is 156 Å². The number of aromatic amines is 1. The summed E-state index contributed by atoms with van der Waals surface area (Å²) in [5, 5.41) is 1.59. The van der Waals surface area contributed by atoms with E-state index in [1.165, 1.54) is 12.4 Å². The van der Waals surface area contributed by atoms with Crippen LogP contribution in [0.4, 0.5) is 0 Å². The molecular weight excluding hydrogens is 352 g/mol. The maximum absolute atomic E-state index is 12.6. The van der Waals surface area contributed by atoms with Crippen molar-refractivity contribution in [2.45, 2.75) is 25.4 Å². The van der Waals surface area contributed by atoms with E-state index >= 15 is 0 Å². The number of hydrogen-bond acceptors (Lipinski definition) is 4. The molecule has 0 unspecified atom stereocenters. The van der Waals surface area contributed by atoms with Crippen LogP contribution in [0.1, 0.15) is 18.4 Å². The Hall–Kier alpha value is -2.60. The van der Waals surface area contributed by atoms with E-state index in [1.54, 1.807) is 0 Å². The quantitative estimate of drug-likeness (QED) is 0.765. The molecule has 6 nitrogen and oxygen atoms in total. The summed E-state index contributed by atoms with van der Waals surface area (Å²) in [6.07, 6.45) is 6.94. The Balaban J connectivity index is 1.32. The number of ether oxygens (including phenoxy) is 1. The van der Waals surface area contributed by atoms with Crippen molar-refractivity contribution in [3.8, 4) is 6.01 Å². The first kappa shape index (κ1) is 16.8. The number of halogens is 1. The lowest BCUT2D eigenvalue weighted by atomic mass is 10.1. The summed E-state index contributed by atoms with van der Waals surface area (Å²) in [5.74, 6) is 0.149. The van der Waals surface area contributed by atoms with Crippen LogP contribution >= 0.6 is 11.6 Å². The smallest absolute Gasteiger partial charge is 0.316 e. The molecule has 0 atom stereocenters. The van der Waals surface area contributed by atoms with Crippen LogP contribution in [0, 0.1) is 0 Å². The largest absolute Gasteiger partial charge is 0.460 e. The second-order valence-corrected chi connectivity index (χ2v) is 6.85. The molecule has 1 N–H and O–H groups in total. The van der Waals surface area contributed by atoms with Gasteiger partial charge in [-0.2, -0.15) is 0 Å². The molecule has 3 heterocycles. The van der Waals surface area contributed by atoms with E-state index in [4.69, 9.17) is 16.3 Å². The molecule has 3 aromatic rings. The highest BCUT2D eigenvalue weighted by Crippen LogP contribution is 2.21. The van der Waals surface area contributed by atoms with Gasteiger partial charge in [0.25, 0.3) is 0 Å². The molecule has 1 aliphatic heterocycles. The zero-order chi connectivity index (χ0) is 17.9. The molecule has 4 rings (SSSR count). The van der Waals surface area contributed by atoms with Crippen molar-refractivity contribution < 1.29 is 9.53 Å². The predicted octanol–water partition coefficient (Wildman–Crippen LogP) is 3.22. The number of nitrogens with zero attached hydrogens (tertiary/aromatic N) is 3. The van der Waals surface area contributed by atoms with Crippen LogP contribution in [0.25, 0.3) is 10.9 Å². The van der Waals surface area contributed by atoms with Crippen molar-refractivity contribution in [3.63, 3.8) is 0 Å². The second-order valence-electron chi connectivity index (χ2n) is 6.42. The van der Waals surface area contributed by atoms with E-state index in [0.717, 1.165) is 29.3 Å². The summed E-state index contributed by atoms with van der Waals surface area (Å²) >= 11 is 5.78. The number of likely N-dealkylation sites (tertiary alicyclic amines) is 1. The van der Waals surface area contributed by atoms with Crippen LogP contribution in [0.3, 0.4) is 0 Å². The first-order valence-electron chi connectivity index (χ1n) is 8.66. The van der Waals surface area contributed by atoms with Gasteiger partial charge >= 0.3 is 6.01 Å². The molecule has 0 bridgehead atoms. The van der Waals surface area contributed by atoms with Crippen molar-refractivity contribution >= 4 is 28.4 Å². The summed E-state index contributed by atoms with van der Waals surface area (Å²) in [6, 6.07) is 8.37. The van der Waals surface area contributed by atoms with E-state index in [1.807, 2.05) is 35.4 Å². The molecule has 26 heavy (non-hydrogen) atoms. The summed E-state index contributed by atoms with van der Waals surface area (Å²) in [5.41, 5.74) is 2.10. The van der Waals surface area contributed by atoms with Gasteiger partial charge in [0, 0.05) is 43.0 Å². The van der Waals surface area contributed by atoms with Crippen LogP contribution in [0.2, 0.25) is 5.02 Å². The standard InChI is InChI=1S/C19H19ClN4O2/c20-14-11-22-19(23-12-14)26-15-5-7-24(8-6-15)18(25)9-13-10-21-17-4-2-1-3-16(13)17/h1-4,10-12,15,21H,5-9H2. The van der Waals surface area contributed by atoms with Gasteiger partial charge in [-0.15, -0.1) is 0 Å². The maximum Gasteiger partial charge on any atom is 0.316 e. The minimum absolute atomic E-state index is 0.0216. The minimum atomic E-state index is 0.0216. The van der Waals surface area contributed by atoms with Crippen molar-refractivity contribution in [1.82, 2.24) is 19.9 Å². The molecule has 0 spiro atoms. The Kier molecular flexibility index (Phi) is 4.75. The molecule has 1 fully saturated rings. The van der Waals surface area contributed by atoms with Gasteiger partial charge in [-0.05, 0) is 11.6 Å². The topological polar surface area (TPSA) is 71.1 Å². The van der Waals surface area contributed by atoms with E-state index in [0.29, 0.717) is 30.5 Å². The Morgan fingerprint density at radius 3 is 2.73 bits per heavy atom. The lowest BCUT2D eigenvalue weighted by Gasteiger charge is -2.31. The molecule has 0 saturated carbocycles.